The molecule has 3 rings (SSSR count). The number of carbonyl (C=O) groups excluding carboxylic acids is 1. The molecule has 2 aromatic carbocycles. The zero-order chi connectivity index (χ0) is 16.4. The lowest BCUT2D eigenvalue weighted by Crippen LogP contribution is -2.24. The number of carbonyl (C=O) groups is 1. The minimum Gasteiger partial charge on any atom is -0.324 e. The first kappa shape index (κ1) is 16.0. The number of amides is 1. The molecule has 1 heterocycles. The highest BCUT2D eigenvalue weighted by molar-refractivity contribution is 8.00. The predicted octanol–water partition coefficient (Wildman–Crippen LogP) is 2.52. The lowest BCUT2D eigenvalue weighted by atomic mass is 10.2. The third-order valence-corrected chi connectivity index (χ3v) is 5.94. The van der Waals surface area contributed by atoms with Crippen LogP contribution in [0.5, 0.6) is 0 Å². The van der Waals surface area contributed by atoms with Crippen molar-refractivity contribution in [3.8, 4) is 0 Å². The first-order valence-corrected chi connectivity index (χ1v) is 9.53. The van der Waals surface area contributed by atoms with Crippen LogP contribution in [-0.4, -0.2) is 20.1 Å². The minimum atomic E-state index is -3.59. The maximum Gasteiger partial charge on any atom is 0.240 e. The molecular formula is C16H16N2O3S2. The van der Waals surface area contributed by atoms with Gasteiger partial charge < -0.3 is 5.32 Å². The Labute approximate surface area is 139 Å². The fourth-order valence-corrected chi connectivity index (χ4v) is 4.15. The maximum atomic E-state index is 12.4. The second kappa shape index (κ2) is 6.35. The number of hydrogen-bond acceptors (Lipinski definition) is 4. The van der Waals surface area contributed by atoms with E-state index in [4.69, 9.17) is 0 Å². The summed E-state index contributed by atoms with van der Waals surface area (Å²) in [5.41, 5.74) is 2.69. The van der Waals surface area contributed by atoms with Gasteiger partial charge in [-0.25, -0.2) is 13.1 Å². The van der Waals surface area contributed by atoms with Crippen molar-refractivity contribution in [2.75, 3.05) is 11.1 Å². The molecule has 0 radical (unpaired) electrons. The topological polar surface area (TPSA) is 75.3 Å². The third kappa shape index (κ3) is 3.74. The molecule has 2 N–H and O–H groups in total. The molecule has 0 unspecified atom stereocenters. The first-order chi connectivity index (χ1) is 10.9. The second-order valence-electron chi connectivity index (χ2n) is 5.30. The molecule has 0 aromatic heterocycles. The number of aryl methyl sites for hydroxylation is 1. The molecule has 7 heteroatoms. The summed E-state index contributed by atoms with van der Waals surface area (Å²) in [6, 6.07) is 12.4. The smallest absolute Gasteiger partial charge is 0.240 e. The highest BCUT2D eigenvalue weighted by Crippen LogP contribution is 2.33. The van der Waals surface area contributed by atoms with E-state index >= 15 is 0 Å². The van der Waals surface area contributed by atoms with Gasteiger partial charge in [0.1, 0.15) is 0 Å². The predicted molar refractivity (Wildman–Crippen MR) is 91.0 cm³/mol. The van der Waals surface area contributed by atoms with Gasteiger partial charge in [0.25, 0.3) is 0 Å². The number of rotatable bonds is 4. The number of benzene rings is 2. The molecule has 2 aromatic rings. The molecule has 0 aliphatic carbocycles. The minimum absolute atomic E-state index is 0.0735. The Bertz CT molecular complexity index is 846. The molecule has 120 valence electrons. The molecule has 0 saturated heterocycles. The van der Waals surface area contributed by atoms with Crippen LogP contribution in [0.2, 0.25) is 0 Å². The Morgan fingerprint density at radius 1 is 1.17 bits per heavy atom. The van der Waals surface area contributed by atoms with Gasteiger partial charge >= 0.3 is 0 Å². The zero-order valence-electron chi connectivity index (χ0n) is 12.5. The largest absolute Gasteiger partial charge is 0.324 e. The molecule has 5 nitrogen and oxygen atoms in total. The number of hydrogen-bond donors (Lipinski definition) is 2. The Morgan fingerprint density at radius 3 is 2.65 bits per heavy atom. The number of nitrogens with one attached hydrogen (secondary N) is 2. The molecule has 0 saturated carbocycles. The zero-order valence-corrected chi connectivity index (χ0v) is 14.1. The van der Waals surface area contributed by atoms with Crippen molar-refractivity contribution in [3.05, 3.63) is 53.6 Å². The molecule has 0 bridgehead atoms. The molecule has 0 atom stereocenters. The van der Waals surface area contributed by atoms with E-state index in [1.165, 1.54) is 17.8 Å². The van der Waals surface area contributed by atoms with E-state index in [9.17, 15) is 13.2 Å². The summed E-state index contributed by atoms with van der Waals surface area (Å²) in [4.78, 5) is 12.3. The van der Waals surface area contributed by atoms with Crippen LogP contribution in [0.4, 0.5) is 5.69 Å². The second-order valence-corrected chi connectivity index (χ2v) is 8.09. The molecule has 1 amide bonds. The van der Waals surface area contributed by atoms with Gasteiger partial charge in [-0.3, -0.25) is 4.79 Å². The molecule has 23 heavy (non-hydrogen) atoms. The molecule has 1 aliphatic heterocycles. The third-order valence-electron chi connectivity index (χ3n) is 3.48. The summed E-state index contributed by atoms with van der Waals surface area (Å²) < 4.78 is 27.4. The lowest BCUT2D eigenvalue weighted by molar-refractivity contribution is -0.113. The Kier molecular flexibility index (Phi) is 4.43. The van der Waals surface area contributed by atoms with Gasteiger partial charge in [-0.15, -0.1) is 11.8 Å². The highest BCUT2D eigenvalue weighted by Gasteiger charge is 2.20. The summed E-state index contributed by atoms with van der Waals surface area (Å²) in [5, 5.41) is 2.73. The van der Waals surface area contributed by atoms with Crippen LogP contribution in [0.1, 0.15) is 11.1 Å². The van der Waals surface area contributed by atoms with E-state index in [1.807, 2.05) is 31.2 Å². The number of thioether (sulfide) groups is 1. The van der Waals surface area contributed by atoms with Crippen molar-refractivity contribution in [2.24, 2.45) is 0 Å². The van der Waals surface area contributed by atoms with Crippen LogP contribution in [0.3, 0.4) is 0 Å². The van der Waals surface area contributed by atoms with Crippen LogP contribution in [0, 0.1) is 6.92 Å². The van der Waals surface area contributed by atoms with Crippen molar-refractivity contribution in [1.82, 2.24) is 4.72 Å². The van der Waals surface area contributed by atoms with Crippen LogP contribution in [0.15, 0.2) is 52.3 Å². The van der Waals surface area contributed by atoms with Gasteiger partial charge in [-0.05, 0) is 30.7 Å². The summed E-state index contributed by atoms with van der Waals surface area (Å²) in [7, 11) is -3.59. The first-order valence-electron chi connectivity index (χ1n) is 7.06. The Hall–Kier alpha value is -1.83. The van der Waals surface area contributed by atoms with E-state index in [0.29, 0.717) is 11.4 Å². The van der Waals surface area contributed by atoms with Gasteiger partial charge in [0.2, 0.25) is 15.9 Å². The average molecular weight is 348 g/mol. The van der Waals surface area contributed by atoms with Crippen LogP contribution in [0.25, 0.3) is 0 Å². The maximum absolute atomic E-state index is 12.4. The van der Waals surface area contributed by atoms with Crippen LogP contribution >= 0.6 is 11.8 Å². The average Bonchev–Trinajstić information content (AvgIpc) is 2.54. The molecule has 0 spiro atoms. The van der Waals surface area contributed by atoms with Crippen molar-refractivity contribution >= 4 is 33.4 Å². The fourth-order valence-electron chi connectivity index (χ4n) is 2.19. The van der Waals surface area contributed by atoms with E-state index < -0.39 is 10.0 Å². The van der Waals surface area contributed by atoms with Crippen molar-refractivity contribution in [1.29, 1.82) is 0 Å². The van der Waals surface area contributed by atoms with Crippen molar-refractivity contribution in [2.45, 2.75) is 23.3 Å². The number of sulfonamides is 1. The van der Waals surface area contributed by atoms with Gasteiger partial charge in [0, 0.05) is 11.4 Å². The Morgan fingerprint density at radius 2 is 1.91 bits per heavy atom. The lowest BCUT2D eigenvalue weighted by Gasteiger charge is -2.17. The highest BCUT2D eigenvalue weighted by atomic mass is 32.2. The fraction of sp³-hybridized carbons (Fsp3) is 0.188. The SMILES string of the molecule is Cc1ccc(CNS(=O)(=O)c2ccc3c(c2)SCC(=O)N3)cc1. The van der Waals surface area contributed by atoms with Crippen LogP contribution in [-0.2, 0) is 21.4 Å². The van der Waals surface area contributed by atoms with E-state index in [-0.39, 0.29) is 17.3 Å². The summed E-state index contributed by atoms with van der Waals surface area (Å²) >= 11 is 1.34. The Balaban J connectivity index is 1.77. The van der Waals surface area contributed by atoms with Gasteiger partial charge in [0.15, 0.2) is 0 Å². The summed E-state index contributed by atoms with van der Waals surface area (Å²) in [5.74, 6) is 0.225. The van der Waals surface area contributed by atoms with Crippen molar-refractivity contribution < 1.29 is 13.2 Å². The van der Waals surface area contributed by atoms with Gasteiger partial charge in [-0.1, -0.05) is 29.8 Å². The molecule has 1 aliphatic rings. The quantitative estimate of drug-likeness (QED) is 0.890. The molecule has 0 fully saturated rings. The van der Waals surface area contributed by atoms with Crippen LogP contribution < -0.4 is 10.0 Å². The standard InChI is InChI=1S/C16H16N2O3S2/c1-11-2-4-12(5-3-11)9-17-23(20,21)13-6-7-14-15(8-13)22-10-16(19)18-14/h2-8,17H,9-10H2,1H3,(H,18,19). The number of fused-ring (bicyclic) bond motifs is 1. The van der Waals surface area contributed by atoms with Gasteiger partial charge in [-0.2, -0.15) is 0 Å². The van der Waals surface area contributed by atoms with E-state index in [1.54, 1.807) is 12.1 Å². The summed E-state index contributed by atoms with van der Waals surface area (Å²) in [6.45, 7) is 2.22. The van der Waals surface area contributed by atoms with E-state index in [0.717, 1.165) is 16.0 Å². The van der Waals surface area contributed by atoms with Crippen molar-refractivity contribution in [3.63, 3.8) is 0 Å². The number of anilines is 1. The molecular weight excluding hydrogens is 332 g/mol. The van der Waals surface area contributed by atoms with Gasteiger partial charge in [0.05, 0.1) is 16.3 Å². The monoisotopic (exact) mass is 348 g/mol. The summed E-state index contributed by atoms with van der Waals surface area (Å²) in [6.07, 6.45) is 0. The van der Waals surface area contributed by atoms with E-state index in [2.05, 4.69) is 10.0 Å². The normalized spacial score (nSPS) is 14.2.